The van der Waals surface area contributed by atoms with E-state index in [1.807, 2.05) is 0 Å². The van der Waals surface area contributed by atoms with E-state index >= 15 is 0 Å². The SMILES string of the molecule is C[C@H]1CCCN(C(=O)c2cc(B(O)O)ccc2Cl)C1. The number of halogens is 1. The highest BCUT2D eigenvalue weighted by Crippen LogP contribution is 2.21. The number of amides is 1. The average Bonchev–Trinajstić information content (AvgIpc) is 2.38. The zero-order chi connectivity index (χ0) is 14.0. The summed E-state index contributed by atoms with van der Waals surface area (Å²) in [6.45, 7) is 3.57. The Hall–Kier alpha value is -1.04. The Balaban J connectivity index is 2.24. The molecule has 0 bridgehead atoms. The number of carbonyl (C=O) groups excluding carboxylic acids is 1. The van der Waals surface area contributed by atoms with E-state index in [9.17, 15) is 4.79 Å². The van der Waals surface area contributed by atoms with Crippen molar-refractivity contribution in [2.24, 2.45) is 5.92 Å². The Morgan fingerprint density at radius 1 is 1.47 bits per heavy atom. The smallest absolute Gasteiger partial charge is 0.423 e. The monoisotopic (exact) mass is 281 g/mol. The number of piperidine rings is 1. The number of nitrogens with zero attached hydrogens (tertiary/aromatic N) is 1. The van der Waals surface area contributed by atoms with Gasteiger partial charge in [-0.2, -0.15) is 0 Å². The van der Waals surface area contributed by atoms with Gasteiger partial charge < -0.3 is 14.9 Å². The van der Waals surface area contributed by atoms with E-state index in [0.717, 1.165) is 25.9 Å². The molecule has 1 amide bonds. The van der Waals surface area contributed by atoms with Crippen LogP contribution >= 0.6 is 11.6 Å². The summed E-state index contributed by atoms with van der Waals surface area (Å²) in [5.41, 5.74) is 0.610. The first-order valence-corrected chi connectivity index (χ1v) is 6.81. The van der Waals surface area contributed by atoms with Gasteiger partial charge in [0, 0.05) is 13.1 Å². The van der Waals surface area contributed by atoms with Crippen LogP contribution in [-0.4, -0.2) is 41.1 Å². The average molecular weight is 282 g/mol. The van der Waals surface area contributed by atoms with Gasteiger partial charge in [-0.05, 0) is 36.4 Å². The Bertz CT molecular complexity index is 481. The van der Waals surface area contributed by atoms with Gasteiger partial charge >= 0.3 is 7.12 Å². The summed E-state index contributed by atoms with van der Waals surface area (Å²) in [4.78, 5) is 14.2. The predicted molar refractivity (Wildman–Crippen MR) is 75.6 cm³/mol. The Morgan fingerprint density at radius 2 is 2.21 bits per heavy atom. The molecule has 1 aromatic rings. The summed E-state index contributed by atoms with van der Waals surface area (Å²) in [5, 5.41) is 18.7. The molecule has 0 aliphatic carbocycles. The van der Waals surface area contributed by atoms with Crippen LogP contribution in [0.4, 0.5) is 0 Å². The standard InChI is InChI=1S/C13H17BClNO3/c1-9-3-2-6-16(8-9)13(17)11-7-10(14(18)19)4-5-12(11)15/h4-5,7,9,18-19H,2-3,6,8H2,1H3/t9-/m0/s1. The molecule has 2 rings (SSSR count). The van der Waals surface area contributed by atoms with Crippen molar-refractivity contribution in [3.8, 4) is 0 Å². The molecule has 1 saturated heterocycles. The summed E-state index contributed by atoms with van der Waals surface area (Å²) >= 11 is 6.04. The molecular formula is C13H17BClNO3. The van der Waals surface area contributed by atoms with Crippen molar-refractivity contribution >= 4 is 30.1 Å². The van der Waals surface area contributed by atoms with Crippen LogP contribution in [0.3, 0.4) is 0 Å². The van der Waals surface area contributed by atoms with E-state index in [4.69, 9.17) is 21.6 Å². The zero-order valence-electron chi connectivity index (χ0n) is 10.8. The molecule has 1 aliphatic rings. The normalized spacial score (nSPS) is 19.4. The summed E-state index contributed by atoms with van der Waals surface area (Å²) in [6, 6.07) is 4.48. The van der Waals surface area contributed by atoms with E-state index in [1.165, 1.54) is 18.2 Å². The molecule has 4 nitrogen and oxygen atoms in total. The second-order valence-electron chi connectivity index (χ2n) is 5.11. The third kappa shape index (κ3) is 3.29. The van der Waals surface area contributed by atoms with Crippen LogP contribution in [0.15, 0.2) is 18.2 Å². The minimum absolute atomic E-state index is 0.140. The predicted octanol–water partition coefficient (Wildman–Crippen LogP) is 0.892. The lowest BCUT2D eigenvalue weighted by molar-refractivity contribution is 0.0683. The van der Waals surface area contributed by atoms with Crippen molar-refractivity contribution in [2.75, 3.05) is 13.1 Å². The summed E-state index contributed by atoms with van der Waals surface area (Å²) < 4.78 is 0. The first kappa shape index (κ1) is 14.4. The van der Waals surface area contributed by atoms with Gasteiger partial charge in [0.2, 0.25) is 0 Å². The van der Waals surface area contributed by atoms with Crippen LogP contribution in [-0.2, 0) is 0 Å². The first-order valence-electron chi connectivity index (χ1n) is 6.44. The van der Waals surface area contributed by atoms with Gasteiger partial charge in [0.25, 0.3) is 5.91 Å². The number of carbonyl (C=O) groups is 1. The Labute approximate surface area is 118 Å². The van der Waals surface area contributed by atoms with E-state index < -0.39 is 7.12 Å². The highest BCUT2D eigenvalue weighted by Gasteiger charge is 2.24. The van der Waals surface area contributed by atoms with Gasteiger partial charge in [-0.3, -0.25) is 4.79 Å². The van der Waals surface area contributed by atoms with E-state index in [0.29, 0.717) is 16.5 Å². The van der Waals surface area contributed by atoms with E-state index in [2.05, 4.69) is 6.92 Å². The second kappa shape index (κ2) is 5.95. The fourth-order valence-corrected chi connectivity index (χ4v) is 2.61. The summed E-state index contributed by atoms with van der Waals surface area (Å²) in [5.74, 6) is 0.349. The van der Waals surface area contributed by atoms with Crippen molar-refractivity contribution < 1.29 is 14.8 Å². The maximum Gasteiger partial charge on any atom is 0.488 e. The topological polar surface area (TPSA) is 60.8 Å². The molecule has 2 N–H and O–H groups in total. The maximum absolute atomic E-state index is 12.4. The van der Waals surface area contributed by atoms with Crippen LogP contribution in [0, 0.1) is 5.92 Å². The molecule has 1 aliphatic heterocycles. The molecule has 0 aromatic heterocycles. The van der Waals surface area contributed by atoms with Gasteiger partial charge in [-0.15, -0.1) is 0 Å². The lowest BCUT2D eigenvalue weighted by Gasteiger charge is -2.31. The molecule has 1 heterocycles. The fraction of sp³-hybridized carbons (Fsp3) is 0.462. The van der Waals surface area contributed by atoms with Crippen LogP contribution in [0.1, 0.15) is 30.1 Å². The lowest BCUT2D eigenvalue weighted by Crippen LogP contribution is -2.40. The molecule has 0 radical (unpaired) electrons. The number of hydrogen-bond acceptors (Lipinski definition) is 3. The quantitative estimate of drug-likeness (QED) is 0.792. The summed E-state index contributed by atoms with van der Waals surface area (Å²) in [7, 11) is -1.59. The molecule has 6 heteroatoms. The number of hydrogen-bond donors (Lipinski definition) is 2. The maximum atomic E-state index is 12.4. The largest absolute Gasteiger partial charge is 0.488 e. The van der Waals surface area contributed by atoms with Crippen molar-refractivity contribution in [1.29, 1.82) is 0 Å². The number of benzene rings is 1. The molecule has 0 saturated carbocycles. The number of rotatable bonds is 2. The fourth-order valence-electron chi connectivity index (χ4n) is 2.41. The molecule has 0 spiro atoms. The first-order chi connectivity index (χ1) is 8.99. The zero-order valence-corrected chi connectivity index (χ0v) is 11.6. The van der Waals surface area contributed by atoms with Gasteiger partial charge in [-0.1, -0.05) is 24.6 Å². The van der Waals surface area contributed by atoms with Crippen molar-refractivity contribution in [3.05, 3.63) is 28.8 Å². The minimum Gasteiger partial charge on any atom is -0.423 e. The van der Waals surface area contributed by atoms with E-state index in [-0.39, 0.29) is 11.4 Å². The van der Waals surface area contributed by atoms with Crippen LogP contribution in [0.5, 0.6) is 0 Å². The molecule has 1 aromatic carbocycles. The van der Waals surface area contributed by atoms with Crippen molar-refractivity contribution in [2.45, 2.75) is 19.8 Å². The highest BCUT2D eigenvalue weighted by molar-refractivity contribution is 6.58. The summed E-state index contributed by atoms with van der Waals surface area (Å²) in [6.07, 6.45) is 2.12. The minimum atomic E-state index is -1.59. The molecule has 1 fully saturated rings. The molecule has 19 heavy (non-hydrogen) atoms. The molecule has 0 unspecified atom stereocenters. The number of likely N-dealkylation sites (tertiary alicyclic amines) is 1. The lowest BCUT2D eigenvalue weighted by atomic mass is 9.79. The van der Waals surface area contributed by atoms with Gasteiger partial charge in [0.15, 0.2) is 0 Å². The van der Waals surface area contributed by atoms with Gasteiger partial charge in [0.1, 0.15) is 0 Å². The van der Waals surface area contributed by atoms with Crippen molar-refractivity contribution in [1.82, 2.24) is 4.90 Å². The van der Waals surface area contributed by atoms with Crippen molar-refractivity contribution in [3.63, 3.8) is 0 Å². The molecule has 1 atom stereocenters. The van der Waals surface area contributed by atoms with Crippen LogP contribution < -0.4 is 5.46 Å². The molecular weight excluding hydrogens is 264 g/mol. The third-order valence-electron chi connectivity index (χ3n) is 3.46. The van der Waals surface area contributed by atoms with Crippen LogP contribution in [0.25, 0.3) is 0 Å². The molecule has 102 valence electrons. The van der Waals surface area contributed by atoms with Crippen LogP contribution in [0.2, 0.25) is 5.02 Å². The Morgan fingerprint density at radius 3 is 2.84 bits per heavy atom. The van der Waals surface area contributed by atoms with Gasteiger partial charge in [-0.25, -0.2) is 0 Å². The highest BCUT2D eigenvalue weighted by atomic mass is 35.5. The Kier molecular flexibility index (Phi) is 4.50. The van der Waals surface area contributed by atoms with E-state index in [1.54, 1.807) is 4.90 Å². The van der Waals surface area contributed by atoms with Gasteiger partial charge in [0.05, 0.1) is 10.6 Å². The third-order valence-corrected chi connectivity index (χ3v) is 3.79. The second-order valence-corrected chi connectivity index (χ2v) is 5.52.